The third kappa shape index (κ3) is 4.50. The standard InChI is InChI=1S/C19H26ClN3O4S/c20-17-6-5-15(28(26,27)23-9-3-1-2-4-10-23)13-16(17)19(25)22-11-7-14(8-12-22)18(21)24/h5-6,13-14H,1-4,7-12H2,(H2,21,24). The molecule has 1 aromatic carbocycles. The van der Waals surface area contributed by atoms with Crippen LogP contribution < -0.4 is 5.73 Å². The molecule has 2 saturated heterocycles. The normalized spacial score (nSPS) is 20.0. The average molecular weight is 428 g/mol. The fourth-order valence-corrected chi connectivity index (χ4v) is 5.54. The van der Waals surface area contributed by atoms with Crippen LogP contribution in [0.25, 0.3) is 0 Å². The Hall–Kier alpha value is -1.64. The van der Waals surface area contributed by atoms with Crippen LogP contribution in [-0.4, -0.2) is 55.6 Å². The first-order valence-corrected chi connectivity index (χ1v) is 11.5. The minimum Gasteiger partial charge on any atom is -0.369 e. The summed E-state index contributed by atoms with van der Waals surface area (Å²) in [6.07, 6.45) is 4.74. The maximum absolute atomic E-state index is 13.0. The van der Waals surface area contributed by atoms with Crippen molar-refractivity contribution < 1.29 is 18.0 Å². The molecule has 2 N–H and O–H groups in total. The second kappa shape index (κ2) is 8.80. The van der Waals surface area contributed by atoms with Crippen molar-refractivity contribution >= 4 is 33.4 Å². The van der Waals surface area contributed by atoms with Gasteiger partial charge in [-0.15, -0.1) is 0 Å². The van der Waals surface area contributed by atoms with Gasteiger partial charge in [0.15, 0.2) is 0 Å². The molecule has 1 aromatic rings. The molecule has 0 aromatic heterocycles. The molecule has 2 aliphatic rings. The number of hydrogen-bond acceptors (Lipinski definition) is 4. The van der Waals surface area contributed by atoms with Crippen LogP contribution in [0.1, 0.15) is 48.9 Å². The molecule has 0 saturated carbocycles. The van der Waals surface area contributed by atoms with Crippen LogP contribution in [0.2, 0.25) is 5.02 Å². The van der Waals surface area contributed by atoms with Gasteiger partial charge < -0.3 is 10.6 Å². The lowest BCUT2D eigenvalue weighted by atomic mass is 9.96. The summed E-state index contributed by atoms with van der Waals surface area (Å²) in [7, 11) is -3.67. The molecule has 2 amide bonds. The molecule has 2 aliphatic heterocycles. The molecule has 28 heavy (non-hydrogen) atoms. The van der Waals surface area contributed by atoms with E-state index in [1.165, 1.54) is 22.5 Å². The summed E-state index contributed by atoms with van der Waals surface area (Å²) in [5.74, 6) is -0.897. The maximum atomic E-state index is 13.0. The van der Waals surface area contributed by atoms with Gasteiger partial charge in [0, 0.05) is 32.1 Å². The molecule has 0 aliphatic carbocycles. The van der Waals surface area contributed by atoms with Crippen LogP contribution in [0.5, 0.6) is 0 Å². The monoisotopic (exact) mass is 427 g/mol. The van der Waals surface area contributed by atoms with Gasteiger partial charge in [0.05, 0.1) is 15.5 Å². The molecule has 0 spiro atoms. The van der Waals surface area contributed by atoms with E-state index in [1.807, 2.05) is 0 Å². The van der Waals surface area contributed by atoms with Crippen LogP contribution in [0.15, 0.2) is 23.1 Å². The smallest absolute Gasteiger partial charge is 0.255 e. The number of amides is 2. The number of carbonyl (C=O) groups excluding carboxylic acids is 2. The van der Waals surface area contributed by atoms with Crippen LogP contribution in [0.4, 0.5) is 0 Å². The van der Waals surface area contributed by atoms with Gasteiger partial charge in [-0.1, -0.05) is 24.4 Å². The number of halogens is 1. The molecule has 0 atom stereocenters. The van der Waals surface area contributed by atoms with Gasteiger partial charge in [0.2, 0.25) is 15.9 Å². The maximum Gasteiger partial charge on any atom is 0.255 e. The topological polar surface area (TPSA) is 101 Å². The molecule has 0 radical (unpaired) electrons. The average Bonchev–Trinajstić information content (AvgIpc) is 2.98. The summed E-state index contributed by atoms with van der Waals surface area (Å²) in [4.78, 5) is 25.9. The third-order valence-electron chi connectivity index (χ3n) is 5.56. The summed E-state index contributed by atoms with van der Waals surface area (Å²) in [6.45, 7) is 1.78. The van der Waals surface area contributed by atoms with Crippen molar-refractivity contribution in [2.24, 2.45) is 11.7 Å². The SMILES string of the molecule is NC(=O)C1CCN(C(=O)c2cc(S(=O)(=O)N3CCCCCC3)ccc2Cl)CC1. The molecule has 0 bridgehead atoms. The molecule has 2 fully saturated rings. The number of sulfonamides is 1. The lowest BCUT2D eigenvalue weighted by Crippen LogP contribution is -2.41. The van der Waals surface area contributed by atoms with Crippen molar-refractivity contribution in [3.63, 3.8) is 0 Å². The fraction of sp³-hybridized carbons (Fsp3) is 0.579. The third-order valence-corrected chi connectivity index (χ3v) is 7.78. The molecular weight excluding hydrogens is 402 g/mol. The number of rotatable bonds is 4. The molecule has 0 unspecified atom stereocenters. The number of piperidine rings is 1. The fourth-order valence-electron chi connectivity index (χ4n) is 3.80. The second-order valence-corrected chi connectivity index (χ2v) is 9.77. The minimum atomic E-state index is -3.67. The number of carbonyl (C=O) groups is 2. The number of likely N-dealkylation sites (tertiary alicyclic amines) is 1. The molecular formula is C19H26ClN3O4S. The van der Waals surface area contributed by atoms with E-state index >= 15 is 0 Å². The Morgan fingerprint density at radius 2 is 1.61 bits per heavy atom. The summed E-state index contributed by atoms with van der Waals surface area (Å²) in [6, 6.07) is 4.30. The van der Waals surface area contributed by atoms with Crippen LogP contribution in [0.3, 0.4) is 0 Å². The molecule has 2 heterocycles. The quantitative estimate of drug-likeness (QED) is 0.796. The Labute approximate surface area is 170 Å². The Kier molecular flexibility index (Phi) is 6.62. The zero-order valence-corrected chi connectivity index (χ0v) is 17.3. The van der Waals surface area contributed by atoms with Crippen molar-refractivity contribution in [3.8, 4) is 0 Å². The summed E-state index contributed by atoms with van der Waals surface area (Å²) in [5, 5.41) is 0.219. The Morgan fingerprint density at radius 1 is 1.00 bits per heavy atom. The van der Waals surface area contributed by atoms with E-state index in [9.17, 15) is 18.0 Å². The van der Waals surface area contributed by atoms with E-state index in [0.717, 1.165) is 25.7 Å². The lowest BCUT2D eigenvalue weighted by molar-refractivity contribution is -0.123. The Bertz CT molecular complexity index is 843. The van der Waals surface area contributed by atoms with E-state index < -0.39 is 10.0 Å². The highest BCUT2D eigenvalue weighted by Crippen LogP contribution is 2.27. The number of nitrogens with two attached hydrogens (primary N) is 1. The molecule has 9 heteroatoms. The molecule has 154 valence electrons. The summed E-state index contributed by atoms with van der Waals surface area (Å²) in [5.41, 5.74) is 5.51. The van der Waals surface area contributed by atoms with Crippen molar-refractivity contribution in [2.45, 2.75) is 43.4 Å². The van der Waals surface area contributed by atoms with Crippen molar-refractivity contribution in [1.29, 1.82) is 0 Å². The molecule has 3 rings (SSSR count). The van der Waals surface area contributed by atoms with Crippen LogP contribution in [0, 0.1) is 5.92 Å². The van der Waals surface area contributed by atoms with Gasteiger partial charge in [-0.05, 0) is 43.9 Å². The minimum absolute atomic E-state index is 0.0918. The van der Waals surface area contributed by atoms with Gasteiger partial charge >= 0.3 is 0 Å². The first-order chi connectivity index (χ1) is 13.3. The second-order valence-electron chi connectivity index (χ2n) is 7.43. The number of nitrogens with zero attached hydrogens (tertiary/aromatic N) is 2. The van der Waals surface area contributed by atoms with Gasteiger partial charge in [0.1, 0.15) is 0 Å². The number of hydrogen-bond donors (Lipinski definition) is 1. The first-order valence-electron chi connectivity index (χ1n) is 9.69. The van der Waals surface area contributed by atoms with E-state index in [-0.39, 0.29) is 33.2 Å². The first kappa shape index (κ1) is 21.1. The van der Waals surface area contributed by atoms with E-state index in [1.54, 1.807) is 4.90 Å². The highest BCUT2D eigenvalue weighted by atomic mass is 35.5. The lowest BCUT2D eigenvalue weighted by Gasteiger charge is -2.31. The predicted octanol–water partition coefficient (Wildman–Crippen LogP) is 2.24. The Balaban J connectivity index is 1.81. The van der Waals surface area contributed by atoms with E-state index in [2.05, 4.69) is 0 Å². The number of primary amides is 1. The summed E-state index contributed by atoms with van der Waals surface area (Å²) < 4.78 is 27.5. The van der Waals surface area contributed by atoms with Crippen molar-refractivity contribution in [3.05, 3.63) is 28.8 Å². The highest BCUT2D eigenvalue weighted by molar-refractivity contribution is 7.89. The predicted molar refractivity (Wildman–Crippen MR) is 107 cm³/mol. The van der Waals surface area contributed by atoms with Crippen molar-refractivity contribution in [2.75, 3.05) is 26.2 Å². The summed E-state index contributed by atoms with van der Waals surface area (Å²) >= 11 is 6.22. The number of benzene rings is 1. The van der Waals surface area contributed by atoms with Gasteiger partial charge in [-0.25, -0.2) is 8.42 Å². The zero-order chi connectivity index (χ0) is 20.3. The van der Waals surface area contributed by atoms with Crippen LogP contribution >= 0.6 is 11.6 Å². The molecule has 7 nitrogen and oxygen atoms in total. The van der Waals surface area contributed by atoms with Crippen molar-refractivity contribution in [1.82, 2.24) is 9.21 Å². The van der Waals surface area contributed by atoms with Crippen LogP contribution in [-0.2, 0) is 14.8 Å². The van der Waals surface area contributed by atoms with Gasteiger partial charge in [-0.2, -0.15) is 4.31 Å². The van der Waals surface area contributed by atoms with E-state index in [0.29, 0.717) is 39.0 Å². The van der Waals surface area contributed by atoms with Gasteiger partial charge in [0.25, 0.3) is 5.91 Å². The largest absolute Gasteiger partial charge is 0.369 e. The Morgan fingerprint density at radius 3 is 2.18 bits per heavy atom. The zero-order valence-electron chi connectivity index (χ0n) is 15.8. The van der Waals surface area contributed by atoms with E-state index in [4.69, 9.17) is 17.3 Å². The van der Waals surface area contributed by atoms with Gasteiger partial charge in [-0.3, -0.25) is 9.59 Å². The highest BCUT2D eigenvalue weighted by Gasteiger charge is 2.30.